The predicted octanol–water partition coefficient (Wildman–Crippen LogP) is 3.12. The van der Waals surface area contributed by atoms with E-state index in [4.69, 9.17) is 13.6 Å². The first-order valence-electron chi connectivity index (χ1n) is 8.54. The van der Waals surface area contributed by atoms with E-state index in [0.717, 1.165) is 23.2 Å². The summed E-state index contributed by atoms with van der Waals surface area (Å²) in [5.74, 6) is 2.08. The van der Waals surface area contributed by atoms with Crippen LogP contribution in [0.3, 0.4) is 0 Å². The van der Waals surface area contributed by atoms with Crippen molar-refractivity contribution in [2.24, 2.45) is 0 Å². The molecule has 0 unspecified atom stereocenters. The third kappa shape index (κ3) is 4.03. The van der Waals surface area contributed by atoms with Crippen LogP contribution in [-0.4, -0.2) is 32.9 Å². The fourth-order valence-electron chi connectivity index (χ4n) is 2.97. The third-order valence-electron chi connectivity index (χ3n) is 3.80. The highest BCUT2D eigenvalue weighted by Crippen LogP contribution is 2.51. The minimum atomic E-state index is -0.753. The number of hydrogen-bond donors (Lipinski definition) is 0. The molecule has 0 aliphatic carbocycles. The smallest absolute Gasteiger partial charge is 0.216 e. The molecular formula is C18H32O4Si2. The summed E-state index contributed by atoms with van der Waals surface area (Å²) >= 11 is 0. The first kappa shape index (κ1) is 20.8. The lowest BCUT2D eigenvalue weighted by molar-refractivity contribution is 0.112. The molecule has 0 aliphatic heterocycles. The molecule has 1 rings (SSSR count). The number of ether oxygens (including phenoxy) is 1. The molecule has 0 aliphatic rings. The first-order chi connectivity index (χ1) is 11.0. The first-order valence-corrected chi connectivity index (χ1v) is 12.5. The summed E-state index contributed by atoms with van der Waals surface area (Å²) in [4.78, 5) is 12.0. The number of benzene rings is 1. The molecule has 0 fully saturated rings. The molecule has 0 heterocycles. The zero-order chi connectivity index (χ0) is 18.7. The lowest BCUT2D eigenvalue weighted by Gasteiger charge is -2.34. The molecule has 0 saturated heterocycles. The Morgan fingerprint density at radius 3 is 1.38 bits per heavy atom. The quantitative estimate of drug-likeness (QED) is 0.572. The van der Waals surface area contributed by atoms with Crippen molar-refractivity contribution in [2.75, 3.05) is 7.11 Å². The topological polar surface area (TPSA) is 44.8 Å². The van der Waals surface area contributed by atoms with Gasteiger partial charge in [0.15, 0.2) is 6.29 Å². The van der Waals surface area contributed by atoms with Gasteiger partial charge in [-0.3, -0.25) is 4.79 Å². The second kappa shape index (κ2) is 7.74. The monoisotopic (exact) mass is 368 g/mol. The molecule has 1 aromatic rings. The zero-order valence-electron chi connectivity index (χ0n) is 16.6. The number of aldehydes is 1. The van der Waals surface area contributed by atoms with Gasteiger partial charge in [-0.2, -0.15) is 0 Å². The maximum atomic E-state index is 12.0. The Bertz CT molecular complexity index is 554. The van der Waals surface area contributed by atoms with E-state index in [-0.39, 0.29) is 10.8 Å². The van der Waals surface area contributed by atoms with Crippen molar-refractivity contribution in [3.05, 3.63) is 16.7 Å². The molecule has 136 valence electrons. The SMILES string of the molecule is COc1c(C(C)(C)C)c(O[SiH2]C)c(C=O)c(O[SiH2]C)c1C(C)(C)C. The summed E-state index contributed by atoms with van der Waals surface area (Å²) in [5.41, 5.74) is 2.01. The summed E-state index contributed by atoms with van der Waals surface area (Å²) in [6.07, 6.45) is 0.878. The fourth-order valence-corrected chi connectivity index (χ4v) is 4.14. The Balaban J connectivity index is 4.12. The average molecular weight is 369 g/mol. The second-order valence-corrected chi connectivity index (χ2v) is 9.57. The molecule has 0 N–H and O–H groups in total. The summed E-state index contributed by atoms with van der Waals surface area (Å²) < 4.78 is 17.9. The van der Waals surface area contributed by atoms with Gasteiger partial charge in [0.05, 0.1) is 12.7 Å². The van der Waals surface area contributed by atoms with Crippen LogP contribution in [0.15, 0.2) is 0 Å². The molecule has 0 atom stereocenters. The normalized spacial score (nSPS) is 13.0. The molecule has 0 bridgehead atoms. The van der Waals surface area contributed by atoms with Crippen molar-refractivity contribution < 1.29 is 18.4 Å². The van der Waals surface area contributed by atoms with E-state index in [1.807, 2.05) is 0 Å². The number of carbonyl (C=O) groups is 1. The van der Waals surface area contributed by atoms with Crippen LogP contribution >= 0.6 is 0 Å². The van der Waals surface area contributed by atoms with E-state index in [1.165, 1.54) is 0 Å². The van der Waals surface area contributed by atoms with Crippen molar-refractivity contribution in [1.82, 2.24) is 0 Å². The van der Waals surface area contributed by atoms with E-state index in [2.05, 4.69) is 54.6 Å². The van der Waals surface area contributed by atoms with Gasteiger partial charge < -0.3 is 13.6 Å². The standard InChI is InChI=1S/C18H32O4Si2/c1-17(2,3)12-14(21-23-8)11(10-19)15(22-24-9)13(16(12)20-7)18(4,5)6/h10H,23-24H2,1-9H3. The van der Waals surface area contributed by atoms with Crippen molar-refractivity contribution in [2.45, 2.75) is 65.5 Å². The van der Waals surface area contributed by atoms with Crippen LogP contribution in [0.2, 0.25) is 13.1 Å². The Kier molecular flexibility index (Phi) is 6.70. The van der Waals surface area contributed by atoms with Crippen molar-refractivity contribution in [3.63, 3.8) is 0 Å². The van der Waals surface area contributed by atoms with Gasteiger partial charge in [-0.05, 0) is 23.9 Å². The number of rotatable bonds is 6. The van der Waals surface area contributed by atoms with Gasteiger partial charge in [-0.15, -0.1) is 0 Å². The van der Waals surface area contributed by atoms with Gasteiger partial charge in [0.1, 0.15) is 17.2 Å². The Hall–Kier alpha value is -1.28. The van der Waals surface area contributed by atoms with Crippen LogP contribution in [0.25, 0.3) is 0 Å². The van der Waals surface area contributed by atoms with Crippen molar-refractivity contribution in [3.8, 4) is 17.2 Å². The Morgan fingerprint density at radius 1 is 0.792 bits per heavy atom. The van der Waals surface area contributed by atoms with E-state index in [1.54, 1.807) is 7.11 Å². The van der Waals surface area contributed by atoms with Crippen molar-refractivity contribution in [1.29, 1.82) is 0 Å². The Labute approximate surface area is 151 Å². The minimum Gasteiger partial charge on any atom is -0.549 e. The summed E-state index contributed by atoms with van der Waals surface area (Å²) in [7, 11) is 0.175. The van der Waals surface area contributed by atoms with Gasteiger partial charge >= 0.3 is 0 Å². The number of hydrogen-bond acceptors (Lipinski definition) is 4. The molecule has 6 heteroatoms. The molecule has 4 nitrogen and oxygen atoms in total. The number of methoxy groups -OCH3 is 1. The Morgan fingerprint density at radius 2 is 1.17 bits per heavy atom. The molecule has 1 aromatic carbocycles. The van der Waals surface area contributed by atoms with Gasteiger partial charge in [-0.1, -0.05) is 41.5 Å². The summed E-state index contributed by atoms with van der Waals surface area (Å²) in [6, 6.07) is 0. The molecule has 0 amide bonds. The van der Waals surface area contributed by atoms with Gasteiger partial charge in [0.25, 0.3) is 0 Å². The van der Waals surface area contributed by atoms with Crippen LogP contribution in [0.5, 0.6) is 17.2 Å². The maximum Gasteiger partial charge on any atom is 0.216 e. The average Bonchev–Trinajstić information content (AvgIpc) is 2.44. The van der Waals surface area contributed by atoms with Crippen molar-refractivity contribution >= 4 is 25.8 Å². The largest absolute Gasteiger partial charge is 0.549 e. The molecule has 0 saturated carbocycles. The number of carbonyl (C=O) groups excluding carboxylic acids is 1. The molecule has 0 spiro atoms. The highest BCUT2D eigenvalue weighted by Gasteiger charge is 2.36. The lowest BCUT2D eigenvalue weighted by Crippen LogP contribution is -2.24. The van der Waals surface area contributed by atoms with Crippen LogP contribution < -0.4 is 13.6 Å². The van der Waals surface area contributed by atoms with E-state index in [9.17, 15) is 4.79 Å². The zero-order valence-corrected chi connectivity index (χ0v) is 19.5. The highest BCUT2D eigenvalue weighted by molar-refractivity contribution is 6.27. The van der Waals surface area contributed by atoms with Crippen LogP contribution in [0, 0.1) is 0 Å². The summed E-state index contributed by atoms with van der Waals surface area (Å²) in [6.45, 7) is 16.8. The van der Waals surface area contributed by atoms with Gasteiger partial charge in [-0.25, -0.2) is 0 Å². The molecular weight excluding hydrogens is 336 g/mol. The third-order valence-corrected chi connectivity index (χ3v) is 4.95. The van der Waals surface area contributed by atoms with Gasteiger partial charge in [0.2, 0.25) is 19.5 Å². The molecule has 0 radical (unpaired) electrons. The molecule has 24 heavy (non-hydrogen) atoms. The lowest BCUT2D eigenvalue weighted by atomic mass is 9.77. The van der Waals surface area contributed by atoms with Crippen LogP contribution in [-0.2, 0) is 10.8 Å². The van der Waals surface area contributed by atoms with Crippen LogP contribution in [0.1, 0.15) is 63.0 Å². The van der Waals surface area contributed by atoms with Crippen LogP contribution in [0.4, 0.5) is 0 Å². The van der Waals surface area contributed by atoms with E-state index in [0.29, 0.717) is 17.1 Å². The minimum absolute atomic E-state index is 0.218. The van der Waals surface area contributed by atoms with Gasteiger partial charge in [0, 0.05) is 11.1 Å². The van der Waals surface area contributed by atoms with E-state index >= 15 is 0 Å². The maximum absolute atomic E-state index is 12.0. The molecule has 0 aromatic heterocycles. The fraction of sp³-hybridized carbons (Fsp3) is 0.611. The summed E-state index contributed by atoms with van der Waals surface area (Å²) in [5, 5.41) is 0. The second-order valence-electron chi connectivity index (χ2n) is 7.84. The predicted molar refractivity (Wildman–Crippen MR) is 106 cm³/mol. The van der Waals surface area contributed by atoms with E-state index < -0.39 is 19.5 Å². The highest BCUT2D eigenvalue weighted by atomic mass is 28.2.